The van der Waals surface area contributed by atoms with Crippen molar-refractivity contribution in [2.45, 2.75) is 19.4 Å². The zero-order chi connectivity index (χ0) is 19.6. The number of hydrogen-bond acceptors (Lipinski definition) is 3. The predicted octanol–water partition coefficient (Wildman–Crippen LogP) is 3.31. The maximum Gasteiger partial charge on any atom is 0.282 e. The van der Waals surface area contributed by atoms with E-state index in [0.29, 0.717) is 13.1 Å². The number of benzene rings is 2. The Kier molecular flexibility index (Phi) is 5.30. The van der Waals surface area contributed by atoms with Crippen molar-refractivity contribution < 1.29 is 8.42 Å². The Morgan fingerprint density at radius 1 is 0.964 bits per heavy atom. The Morgan fingerprint density at radius 2 is 1.57 bits per heavy atom. The molecule has 2 aromatic carbocycles. The van der Waals surface area contributed by atoms with Crippen LogP contribution in [0.1, 0.15) is 18.4 Å². The molecule has 0 spiro atoms. The molecule has 1 aromatic heterocycles. The lowest BCUT2D eigenvalue weighted by Gasteiger charge is -2.23. The molecule has 0 unspecified atom stereocenters. The van der Waals surface area contributed by atoms with Gasteiger partial charge in [0.1, 0.15) is 0 Å². The molecule has 4 rings (SSSR count). The van der Waals surface area contributed by atoms with Gasteiger partial charge in [-0.1, -0.05) is 48.5 Å². The lowest BCUT2D eigenvalue weighted by atomic mass is 10.1. The zero-order valence-corrected chi connectivity index (χ0v) is 16.7. The molecule has 6 nitrogen and oxygen atoms in total. The van der Waals surface area contributed by atoms with E-state index in [1.54, 1.807) is 11.4 Å². The molecule has 0 radical (unpaired) electrons. The lowest BCUT2D eigenvalue weighted by Crippen LogP contribution is -2.39. The molecule has 146 valence electrons. The van der Waals surface area contributed by atoms with E-state index >= 15 is 0 Å². The Labute approximate surface area is 166 Å². The number of hydrogen-bond donors (Lipinski definition) is 0. The first kappa shape index (κ1) is 18.9. The lowest BCUT2D eigenvalue weighted by molar-refractivity contribution is 0.392. The highest BCUT2D eigenvalue weighted by atomic mass is 32.2. The van der Waals surface area contributed by atoms with Gasteiger partial charge in [0.25, 0.3) is 10.2 Å². The third-order valence-electron chi connectivity index (χ3n) is 5.04. The Hall–Kier alpha value is -2.48. The standard InChI is InChI=1S/C21H24N4O2S/c1-23(28(26,27)24-14-8-9-15-24)16-19-17-25(20-12-6-3-7-13-20)22-21(19)18-10-4-2-5-11-18/h2-7,10-13,17H,8-9,14-16H2,1H3. The van der Waals surface area contributed by atoms with E-state index < -0.39 is 10.2 Å². The van der Waals surface area contributed by atoms with Crippen molar-refractivity contribution in [3.05, 3.63) is 72.4 Å². The average Bonchev–Trinajstić information content (AvgIpc) is 3.40. The molecule has 0 atom stereocenters. The summed E-state index contributed by atoms with van der Waals surface area (Å²) in [6.45, 7) is 1.47. The maximum absolute atomic E-state index is 12.9. The van der Waals surface area contributed by atoms with Gasteiger partial charge in [0, 0.05) is 44.0 Å². The molecule has 1 saturated heterocycles. The molecule has 2 heterocycles. The van der Waals surface area contributed by atoms with Gasteiger partial charge in [0.05, 0.1) is 11.4 Å². The molecule has 0 saturated carbocycles. The average molecular weight is 397 g/mol. The molecule has 1 fully saturated rings. The summed E-state index contributed by atoms with van der Waals surface area (Å²) in [5.74, 6) is 0. The molecule has 0 bridgehead atoms. The molecule has 28 heavy (non-hydrogen) atoms. The summed E-state index contributed by atoms with van der Waals surface area (Å²) in [6, 6.07) is 19.7. The third kappa shape index (κ3) is 3.73. The number of rotatable bonds is 6. The number of aromatic nitrogens is 2. The second-order valence-electron chi connectivity index (χ2n) is 7.02. The molecule has 3 aromatic rings. The highest BCUT2D eigenvalue weighted by Crippen LogP contribution is 2.26. The smallest absolute Gasteiger partial charge is 0.240 e. The number of nitrogens with zero attached hydrogens (tertiary/aromatic N) is 4. The van der Waals surface area contributed by atoms with Crippen LogP contribution < -0.4 is 0 Å². The quantitative estimate of drug-likeness (QED) is 0.642. The molecule has 7 heteroatoms. The van der Waals surface area contributed by atoms with Crippen molar-refractivity contribution in [1.82, 2.24) is 18.4 Å². The second kappa shape index (κ2) is 7.87. The van der Waals surface area contributed by atoms with Crippen LogP contribution in [0.25, 0.3) is 16.9 Å². The molecule has 1 aliphatic heterocycles. The van der Waals surface area contributed by atoms with Crippen LogP contribution >= 0.6 is 0 Å². The van der Waals surface area contributed by atoms with Gasteiger partial charge in [-0.15, -0.1) is 0 Å². The predicted molar refractivity (Wildman–Crippen MR) is 110 cm³/mol. The van der Waals surface area contributed by atoms with Crippen LogP contribution in [0.4, 0.5) is 0 Å². The highest BCUT2D eigenvalue weighted by Gasteiger charge is 2.30. The SMILES string of the molecule is CN(Cc1cn(-c2ccccc2)nc1-c1ccccc1)S(=O)(=O)N1CCCC1. The second-order valence-corrected chi connectivity index (χ2v) is 9.05. The van der Waals surface area contributed by atoms with Crippen molar-refractivity contribution in [2.24, 2.45) is 0 Å². The van der Waals surface area contributed by atoms with E-state index in [0.717, 1.165) is 35.3 Å². The number of para-hydroxylation sites is 1. The maximum atomic E-state index is 12.9. The normalized spacial score (nSPS) is 15.4. The van der Waals surface area contributed by atoms with E-state index in [2.05, 4.69) is 0 Å². The molecular weight excluding hydrogens is 372 g/mol. The van der Waals surface area contributed by atoms with Crippen LogP contribution in [0.5, 0.6) is 0 Å². The fraction of sp³-hybridized carbons (Fsp3) is 0.286. The summed E-state index contributed by atoms with van der Waals surface area (Å²) in [7, 11) is -1.82. The van der Waals surface area contributed by atoms with E-state index in [1.807, 2.05) is 71.5 Å². The van der Waals surface area contributed by atoms with Crippen LogP contribution in [-0.4, -0.2) is 46.9 Å². The summed E-state index contributed by atoms with van der Waals surface area (Å²) in [5.41, 5.74) is 3.59. The minimum atomic E-state index is -3.46. The minimum Gasteiger partial charge on any atom is -0.240 e. The van der Waals surface area contributed by atoms with Crippen LogP contribution in [0.2, 0.25) is 0 Å². The molecule has 0 N–H and O–H groups in total. The molecular formula is C21H24N4O2S. The minimum absolute atomic E-state index is 0.274. The van der Waals surface area contributed by atoms with Crippen molar-refractivity contribution in [3.8, 4) is 16.9 Å². The summed E-state index contributed by atoms with van der Waals surface area (Å²) in [4.78, 5) is 0. The first-order valence-electron chi connectivity index (χ1n) is 9.46. The van der Waals surface area contributed by atoms with Gasteiger partial charge in [-0.05, 0) is 25.0 Å². The van der Waals surface area contributed by atoms with Gasteiger partial charge >= 0.3 is 0 Å². The van der Waals surface area contributed by atoms with Gasteiger partial charge in [0.2, 0.25) is 0 Å². The van der Waals surface area contributed by atoms with Gasteiger partial charge in [-0.3, -0.25) is 0 Å². The van der Waals surface area contributed by atoms with Crippen molar-refractivity contribution in [3.63, 3.8) is 0 Å². The summed E-state index contributed by atoms with van der Waals surface area (Å²) in [5, 5.41) is 4.76. The van der Waals surface area contributed by atoms with Gasteiger partial charge in [-0.2, -0.15) is 22.1 Å². The summed E-state index contributed by atoms with van der Waals surface area (Å²) >= 11 is 0. The largest absolute Gasteiger partial charge is 0.282 e. The van der Waals surface area contributed by atoms with Crippen molar-refractivity contribution in [1.29, 1.82) is 0 Å². The van der Waals surface area contributed by atoms with Crippen LogP contribution in [0.3, 0.4) is 0 Å². The molecule has 0 aliphatic carbocycles. The van der Waals surface area contributed by atoms with Gasteiger partial charge < -0.3 is 0 Å². The van der Waals surface area contributed by atoms with Crippen LogP contribution in [0.15, 0.2) is 66.9 Å². The van der Waals surface area contributed by atoms with Crippen molar-refractivity contribution >= 4 is 10.2 Å². The fourth-order valence-corrected chi connectivity index (χ4v) is 4.93. The van der Waals surface area contributed by atoms with E-state index in [9.17, 15) is 8.42 Å². The fourth-order valence-electron chi connectivity index (χ4n) is 3.51. The van der Waals surface area contributed by atoms with E-state index in [1.165, 1.54) is 4.31 Å². The Morgan fingerprint density at radius 3 is 2.21 bits per heavy atom. The van der Waals surface area contributed by atoms with Crippen LogP contribution in [-0.2, 0) is 16.8 Å². The Balaban J connectivity index is 1.70. The van der Waals surface area contributed by atoms with Crippen molar-refractivity contribution in [2.75, 3.05) is 20.1 Å². The van der Waals surface area contributed by atoms with Crippen LogP contribution in [0, 0.1) is 0 Å². The topological polar surface area (TPSA) is 58.4 Å². The molecule has 0 amide bonds. The highest BCUT2D eigenvalue weighted by molar-refractivity contribution is 7.86. The zero-order valence-electron chi connectivity index (χ0n) is 15.9. The summed E-state index contributed by atoms with van der Waals surface area (Å²) < 4.78 is 30.6. The first-order valence-corrected chi connectivity index (χ1v) is 10.9. The van der Waals surface area contributed by atoms with E-state index in [4.69, 9.17) is 5.10 Å². The monoisotopic (exact) mass is 396 g/mol. The first-order chi connectivity index (χ1) is 13.6. The van der Waals surface area contributed by atoms with E-state index in [-0.39, 0.29) is 6.54 Å². The van der Waals surface area contributed by atoms with Gasteiger partial charge in [-0.25, -0.2) is 4.68 Å². The molecule has 1 aliphatic rings. The third-order valence-corrected chi connectivity index (χ3v) is 6.97. The Bertz CT molecular complexity index is 1030. The summed E-state index contributed by atoms with van der Waals surface area (Å²) in [6.07, 6.45) is 3.77. The van der Waals surface area contributed by atoms with Gasteiger partial charge in [0.15, 0.2) is 0 Å².